The molecule has 0 aliphatic carbocycles. The predicted molar refractivity (Wildman–Crippen MR) is 57.5 cm³/mol. The topological polar surface area (TPSA) is 56.3 Å². The first kappa shape index (κ1) is 10.6. The molecule has 1 aromatic heterocycles. The molecule has 15 heavy (non-hydrogen) atoms. The summed E-state index contributed by atoms with van der Waals surface area (Å²) in [5.41, 5.74) is 5.70. The van der Waals surface area contributed by atoms with Crippen molar-refractivity contribution in [3.63, 3.8) is 0 Å². The molecule has 2 N–H and O–H groups in total. The quantitative estimate of drug-likeness (QED) is 0.731. The predicted octanol–water partition coefficient (Wildman–Crippen LogP) is -0.457. The van der Waals surface area contributed by atoms with Crippen molar-refractivity contribution in [2.45, 2.75) is 12.6 Å². The molecule has 2 heterocycles. The minimum atomic E-state index is 0.370. The molecule has 0 bridgehead atoms. The molecule has 0 radical (unpaired) electrons. The molecule has 1 aliphatic rings. The van der Waals surface area contributed by atoms with Crippen LogP contribution in [0.4, 0.5) is 0 Å². The van der Waals surface area contributed by atoms with Gasteiger partial charge in [0.2, 0.25) is 0 Å². The zero-order valence-corrected chi connectivity index (χ0v) is 8.88. The van der Waals surface area contributed by atoms with Gasteiger partial charge in [-0.2, -0.15) is 5.10 Å². The lowest BCUT2D eigenvalue weighted by molar-refractivity contribution is -0.00556. The molecule has 1 unspecified atom stereocenters. The summed E-state index contributed by atoms with van der Waals surface area (Å²) in [4.78, 5) is 2.38. The largest absolute Gasteiger partial charge is 0.378 e. The Morgan fingerprint density at radius 2 is 2.40 bits per heavy atom. The van der Waals surface area contributed by atoms with Crippen molar-refractivity contribution in [3.8, 4) is 0 Å². The van der Waals surface area contributed by atoms with E-state index >= 15 is 0 Å². The fourth-order valence-corrected chi connectivity index (χ4v) is 1.86. The summed E-state index contributed by atoms with van der Waals surface area (Å²) < 4.78 is 7.34. The van der Waals surface area contributed by atoms with Crippen LogP contribution in [-0.2, 0) is 11.3 Å². The van der Waals surface area contributed by atoms with Gasteiger partial charge in [0.15, 0.2) is 0 Å². The number of rotatable bonds is 4. The molecule has 1 saturated heterocycles. The van der Waals surface area contributed by atoms with Crippen molar-refractivity contribution >= 4 is 0 Å². The van der Waals surface area contributed by atoms with Gasteiger partial charge in [-0.3, -0.25) is 9.58 Å². The van der Waals surface area contributed by atoms with Crippen LogP contribution in [0.15, 0.2) is 18.5 Å². The molecular weight excluding hydrogens is 192 g/mol. The lowest BCUT2D eigenvalue weighted by atomic mass is 10.2. The van der Waals surface area contributed by atoms with Gasteiger partial charge in [0, 0.05) is 38.1 Å². The molecule has 5 nitrogen and oxygen atoms in total. The number of morpholine rings is 1. The van der Waals surface area contributed by atoms with E-state index in [0.29, 0.717) is 12.6 Å². The number of ether oxygens (including phenoxy) is 1. The average molecular weight is 210 g/mol. The zero-order chi connectivity index (χ0) is 10.5. The Labute approximate surface area is 89.8 Å². The van der Waals surface area contributed by atoms with E-state index in [1.54, 1.807) is 6.20 Å². The highest BCUT2D eigenvalue weighted by molar-refractivity contribution is 4.80. The third-order valence-corrected chi connectivity index (χ3v) is 2.80. The molecule has 0 spiro atoms. The van der Waals surface area contributed by atoms with Gasteiger partial charge in [-0.25, -0.2) is 0 Å². The molecule has 1 aliphatic heterocycles. The number of nitrogens with zero attached hydrogens (tertiary/aromatic N) is 3. The van der Waals surface area contributed by atoms with Crippen LogP contribution in [0.25, 0.3) is 0 Å². The average Bonchev–Trinajstić information content (AvgIpc) is 2.79. The maximum absolute atomic E-state index is 5.70. The van der Waals surface area contributed by atoms with E-state index in [4.69, 9.17) is 10.5 Å². The summed E-state index contributed by atoms with van der Waals surface area (Å²) in [5.74, 6) is 0. The lowest BCUT2D eigenvalue weighted by Crippen LogP contribution is -2.50. The van der Waals surface area contributed by atoms with Crippen molar-refractivity contribution in [2.75, 3.05) is 32.8 Å². The highest BCUT2D eigenvalue weighted by Gasteiger charge is 2.20. The normalized spacial score (nSPS) is 23.1. The summed E-state index contributed by atoms with van der Waals surface area (Å²) >= 11 is 0. The smallest absolute Gasteiger partial charge is 0.0634 e. The van der Waals surface area contributed by atoms with Gasteiger partial charge in [0.25, 0.3) is 0 Å². The second-order valence-electron chi connectivity index (χ2n) is 3.77. The van der Waals surface area contributed by atoms with Gasteiger partial charge in [-0.05, 0) is 6.07 Å². The second kappa shape index (κ2) is 5.25. The summed E-state index contributed by atoms with van der Waals surface area (Å²) in [6, 6.07) is 2.31. The summed E-state index contributed by atoms with van der Waals surface area (Å²) in [7, 11) is 0. The minimum absolute atomic E-state index is 0.370. The standard InChI is InChI=1S/C10H18N4O/c11-8-10-9-15-7-6-13(10)4-5-14-3-1-2-12-14/h1-3,10H,4-9,11H2. The first-order chi connectivity index (χ1) is 7.40. The van der Waals surface area contributed by atoms with Crippen LogP contribution in [0, 0.1) is 0 Å². The van der Waals surface area contributed by atoms with Crippen LogP contribution in [0.5, 0.6) is 0 Å². The summed E-state index contributed by atoms with van der Waals surface area (Å²) in [5, 5.41) is 4.18. The Hall–Kier alpha value is -0.910. The maximum atomic E-state index is 5.70. The van der Waals surface area contributed by atoms with E-state index in [1.165, 1.54) is 0 Å². The highest BCUT2D eigenvalue weighted by Crippen LogP contribution is 2.05. The van der Waals surface area contributed by atoms with Crippen molar-refractivity contribution in [2.24, 2.45) is 5.73 Å². The maximum Gasteiger partial charge on any atom is 0.0634 e. The van der Waals surface area contributed by atoms with Crippen molar-refractivity contribution in [1.29, 1.82) is 0 Å². The van der Waals surface area contributed by atoms with E-state index in [-0.39, 0.29) is 0 Å². The lowest BCUT2D eigenvalue weighted by Gasteiger charge is -2.34. The van der Waals surface area contributed by atoms with Crippen LogP contribution in [0.2, 0.25) is 0 Å². The second-order valence-corrected chi connectivity index (χ2v) is 3.77. The van der Waals surface area contributed by atoms with Crippen LogP contribution in [-0.4, -0.2) is 53.6 Å². The molecule has 0 aromatic carbocycles. The van der Waals surface area contributed by atoms with Gasteiger partial charge in [0.05, 0.1) is 19.8 Å². The highest BCUT2D eigenvalue weighted by atomic mass is 16.5. The fraction of sp³-hybridized carbons (Fsp3) is 0.700. The summed E-state index contributed by atoms with van der Waals surface area (Å²) in [6.45, 7) is 5.13. The monoisotopic (exact) mass is 210 g/mol. The number of hydrogen-bond acceptors (Lipinski definition) is 4. The summed E-state index contributed by atoms with van der Waals surface area (Å²) in [6.07, 6.45) is 3.79. The Morgan fingerprint density at radius 1 is 1.47 bits per heavy atom. The van der Waals surface area contributed by atoms with Gasteiger partial charge in [-0.15, -0.1) is 0 Å². The Kier molecular flexibility index (Phi) is 3.71. The van der Waals surface area contributed by atoms with E-state index in [2.05, 4.69) is 10.00 Å². The molecule has 2 rings (SSSR count). The third-order valence-electron chi connectivity index (χ3n) is 2.80. The minimum Gasteiger partial charge on any atom is -0.378 e. The fourth-order valence-electron chi connectivity index (χ4n) is 1.86. The van der Waals surface area contributed by atoms with E-state index < -0.39 is 0 Å². The van der Waals surface area contributed by atoms with Crippen molar-refractivity contribution in [3.05, 3.63) is 18.5 Å². The molecule has 84 valence electrons. The van der Waals surface area contributed by atoms with Crippen LogP contribution in [0.3, 0.4) is 0 Å². The first-order valence-electron chi connectivity index (χ1n) is 5.39. The molecular formula is C10H18N4O. The van der Waals surface area contributed by atoms with Crippen molar-refractivity contribution in [1.82, 2.24) is 14.7 Å². The van der Waals surface area contributed by atoms with Crippen LogP contribution in [0.1, 0.15) is 0 Å². The number of hydrogen-bond donors (Lipinski definition) is 1. The van der Waals surface area contributed by atoms with Crippen LogP contribution < -0.4 is 5.73 Å². The van der Waals surface area contributed by atoms with Gasteiger partial charge >= 0.3 is 0 Å². The number of nitrogens with two attached hydrogens (primary N) is 1. The molecule has 1 fully saturated rings. The SMILES string of the molecule is NCC1COCCN1CCn1cccn1. The Bertz CT molecular complexity index is 275. The van der Waals surface area contributed by atoms with Crippen molar-refractivity contribution < 1.29 is 4.74 Å². The van der Waals surface area contributed by atoms with E-state index in [9.17, 15) is 0 Å². The Morgan fingerprint density at radius 3 is 3.13 bits per heavy atom. The van der Waals surface area contributed by atoms with Gasteiger partial charge < -0.3 is 10.5 Å². The zero-order valence-electron chi connectivity index (χ0n) is 8.88. The van der Waals surface area contributed by atoms with Crippen LogP contribution >= 0.6 is 0 Å². The number of aromatic nitrogens is 2. The molecule has 1 atom stereocenters. The Balaban J connectivity index is 1.81. The third kappa shape index (κ3) is 2.77. The first-order valence-corrected chi connectivity index (χ1v) is 5.39. The van der Waals surface area contributed by atoms with Gasteiger partial charge in [0.1, 0.15) is 0 Å². The molecule has 0 saturated carbocycles. The van der Waals surface area contributed by atoms with E-state index in [1.807, 2.05) is 16.9 Å². The molecule has 5 heteroatoms. The van der Waals surface area contributed by atoms with Gasteiger partial charge in [-0.1, -0.05) is 0 Å². The molecule has 0 amide bonds. The van der Waals surface area contributed by atoms with E-state index in [0.717, 1.165) is 32.8 Å². The molecule has 1 aromatic rings.